The van der Waals surface area contributed by atoms with Gasteiger partial charge in [0.1, 0.15) is 0 Å². The quantitative estimate of drug-likeness (QED) is 0.867. The van der Waals surface area contributed by atoms with E-state index in [0.29, 0.717) is 35.0 Å². The van der Waals surface area contributed by atoms with Crippen molar-refractivity contribution in [1.82, 2.24) is 9.21 Å². The number of hydrogen-bond acceptors (Lipinski definition) is 4. The Kier molecular flexibility index (Phi) is 5.43. The summed E-state index contributed by atoms with van der Waals surface area (Å²) in [5.74, 6) is 0. The van der Waals surface area contributed by atoms with Crippen molar-refractivity contribution in [2.75, 3.05) is 27.2 Å². The van der Waals surface area contributed by atoms with Gasteiger partial charge >= 0.3 is 0 Å². The van der Waals surface area contributed by atoms with E-state index in [-0.39, 0.29) is 0 Å². The largest absolute Gasteiger partial charge is 0.326 e. The first-order valence-corrected chi connectivity index (χ1v) is 9.24. The van der Waals surface area contributed by atoms with Crippen LogP contribution in [-0.2, 0) is 16.6 Å². The molecule has 0 aliphatic carbocycles. The lowest BCUT2D eigenvalue weighted by molar-refractivity contribution is 0.196. The first-order chi connectivity index (χ1) is 9.86. The maximum Gasteiger partial charge on any atom is 0.244 e. The molecular formula is C14H22BrN3O2S. The van der Waals surface area contributed by atoms with E-state index >= 15 is 0 Å². The van der Waals surface area contributed by atoms with E-state index < -0.39 is 10.0 Å². The molecule has 0 bridgehead atoms. The fourth-order valence-electron chi connectivity index (χ4n) is 2.61. The molecule has 0 unspecified atom stereocenters. The van der Waals surface area contributed by atoms with Crippen LogP contribution < -0.4 is 5.73 Å². The fourth-order valence-corrected chi connectivity index (χ4v) is 5.06. The Morgan fingerprint density at radius 3 is 2.48 bits per heavy atom. The minimum absolute atomic E-state index is 0.314. The zero-order valence-corrected chi connectivity index (χ0v) is 14.8. The molecule has 1 aromatic carbocycles. The highest BCUT2D eigenvalue weighted by Gasteiger charge is 2.31. The van der Waals surface area contributed by atoms with Crippen LogP contribution in [0.2, 0.25) is 0 Å². The molecule has 0 amide bonds. The number of halogens is 1. The second-order valence-corrected chi connectivity index (χ2v) is 8.33. The van der Waals surface area contributed by atoms with Gasteiger partial charge in [0.05, 0.1) is 4.90 Å². The predicted octanol–water partition coefficient (Wildman–Crippen LogP) is 1.62. The van der Waals surface area contributed by atoms with Crippen molar-refractivity contribution in [3.05, 3.63) is 28.2 Å². The summed E-state index contributed by atoms with van der Waals surface area (Å²) in [5, 5.41) is 0. The van der Waals surface area contributed by atoms with Gasteiger partial charge in [-0.15, -0.1) is 0 Å². The third-order valence-corrected chi connectivity index (χ3v) is 6.90. The van der Waals surface area contributed by atoms with Crippen LogP contribution in [0, 0.1) is 0 Å². The monoisotopic (exact) mass is 375 g/mol. The van der Waals surface area contributed by atoms with Gasteiger partial charge in [0.15, 0.2) is 0 Å². The van der Waals surface area contributed by atoms with E-state index in [1.807, 2.05) is 20.2 Å². The molecule has 2 rings (SSSR count). The summed E-state index contributed by atoms with van der Waals surface area (Å²) in [6, 6.07) is 5.70. The van der Waals surface area contributed by atoms with Crippen molar-refractivity contribution in [2.45, 2.75) is 30.3 Å². The van der Waals surface area contributed by atoms with Gasteiger partial charge < -0.3 is 10.6 Å². The van der Waals surface area contributed by atoms with Gasteiger partial charge in [0, 0.05) is 30.1 Å². The Labute approximate surface area is 135 Å². The standard InChI is InChI=1S/C14H22BrN3O2S/c1-17(2)12-5-7-18(8-6-12)21(19,20)14-9-11(10-16)3-4-13(14)15/h3-4,9,12H,5-8,10,16H2,1-2H3. The molecule has 2 N–H and O–H groups in total. The van der Waals surface area contributed by atoms with Gasteiger partial charge in [-0.05, 0) is 60.6 Å². The molecule has 0 spiro atoms. The molecule has 7 heteroatoms. The summed E-state index contributed by atoms with van der Waals surface area (Å²) in [4.78, 5) is 2.48. The predicted molar refractivity (Wildman–Crippen MR) is 87.5 cm³/mol. The summed E-state index contributed by atoms with van der Waals surface area (Å²) in [5.41, 5.74) is 6.43. The second kappa shape index (κ2) is 6.75. The number of sulfonamides is 1. The van der Waals surface area contributed by atoms with Crippen molar-refractivity contribution in [3.8, 4) is 0 Å². The molecule has 1 aliphatic rings. The minimum Gasteiger partial charge on any atom is -0.326 e. The maximum atomic E-state index is 12.8. The van der Waals surface area contributed by atoms with Gasteiger partial charge in [-0.25, -0.2) is 8.42 Å². The number of nitrogens with two attached hydrogens (primary N) is 1. The summed E-state index contributed by atoms with van der Waals surface area (Å²) in [7, 11) is 0.614. The molecular weight excluding hydrogens is 354 g/mol. The van der Waals surface area contributed by atoms with Crippen molar-refractivity contribution in [1.29, 1.82) is 0 Å². The molecule has 5 nitrogen and oxygen atoms in total. The van der Waals surface area contributed by atoms with Gasteiger partial charge in [-0.1, -0.05) is 6.07 Å². The third kappa shape index (κ3) is 3.65. The number of rotatable bonds is 4. The van der Waals surface area contributed by atoms with Crippen molar-refractivity contribution < 1.29 is 8.42 Å². The molecule has 118 valence electrons. The average Bonchev–Trinajstić information content (AvgIpc) is 2.47. The summed E-state index contributed by atoms with van der Waals surface area (Å²) >= 11 is 3.34. The van der Waals surface area contributed by atoms with Crippen molar-refractivity contribution >= 4 is 26.0 Å². The first kappa shape index (κ1) is 16.9. The first-order valence-electron chi connectivity index (χ1n) is 7.01. The number of hydrogen-bond donors (Lipinski definition) is 1. The Morgan fingerprint density at radius 2 is 1.95 bits per heavy atom. The van der Waals surface area contributed by atoms with E-state index in [4.69, 9.17) is 5.73 Å². The van der Waals surface area contributed by atoms with Crippen LogP contribution in [0.1, 0.15) is 18.4 Å². The van der Waals surface area contributed by atoms with Gasteiger partial charge in [0.25, 0.3) is 0 Å². The maximum absolute atomic E-state index is 12.8. The van der Waals surface area contributed by atoms with Crippen LogP contribution in [0.4, 0.5) is 0 Å². The van der Waals surface area contributed by atoms with E-state index in [2.05, 4.69) is 20.8 Å². The molecule has 21 heavy (non-hydrogen) atoms. The molecule has 1 aliphatic heterocycles. The van der Waals surface area contributed by atoms with Gasteiger partial charge in [0.2, 0.25) is 10.0 Å². The lowest BCUT2D eigenvalue weighted by Gasteiger charge is -2.34. The molecule has 0 saturated carbocycles. The second-order valence-electron chi connectivity index (χ2n) is 5.57. The topological polar surface area (TPSA) is 66.6 Å². The highest BCUT2D eigenvalue weighted by Crippen LogP contribution is 2.28. The van der Waals surface area contributed by atoms with Crippen LogP contribution in [0.3, 0.4) is 0 Å². The molecule has 0 aromatic heterocycles. The smallest absolute Gasteiger partial charge is 0.244 e. The normalized spacial score (nSPS) is 18.3. The Balaban J connectivity index is 2.23. The Bertz CT molecular complexity index is 596. The minimum atomic E-state index is -3.46. The SMILES string of the molecule is CN(C)C1CCN(S(=O)(=O)c2cc(CN)ccc2Br)CC1. The third-order valence-electron chi connectivity index (χ3n) is 4.00. The lowest BCUT2D eigenvalue weighted by atomic mass is 10.1. The van der Waals surface area contributed by atoms with E-state index in [9.17, 15) is 8.42 Å². The van der Waals surface area contributed by atoms with Crippen LogP contribution in [0.25, 0.3) is 0 Å². The summed E-state index contributed by atoms with van der Waals surface area (Å²) in [6.07, 6.45) is 1.72. The number of piperidine rings is 1. The van der Waals surface area contributed by atoms with Crippen molar-refractivity contribution in [2.24, 2.45) is 5.73 Å². The van der Waals surface area contributed by atoms with Crippen LogP contribution in [0.5, 0.6) is 0 Å². The van der Waals surface area contributed by atoms with Gasteiger partial charge in [-0.3, -0.25) is 0 Å². The van der Waals surface area contributed by atoms with Crippen LogP contribution >= 0.6 is 15.9 Å². The molecule has 1 aromatic rings. The average molecular weight is 376 g/mol. The zero-order valence-electron chi connectivity index (χ0n) is 12.4. The Morgan fingerprint density at radius 1 is 1.33 bits per heavy atom. The highest BCUT2D eigenvalue weighted by molar-refractivity contribution is 9.10. The summed E-state index contributed by atoms with van der Waals surface area (Å²) in [6.45, 7) is 1.45. The fraction of sp³-hybridized carbons (Fsp3) is 0.571. The Hall–Kier alpha value is -0.470. The van der Waals surface area contributed by atoms with E-state index in [0.717, 1.165) is 18.4 Å². The highest BCUT2D eigenvalue weighted by atomic mass is 79.9. The van der Waals surface area contributed by atoms with E-state index in [1.165, 1.54) is 0 Å². The molecule has 1 saturated heterocycles. The lowest BCUT2D eigenvalue weighted by Crippen LogP contribution is -2.44. The molecule has 1 heterocycles. The zero-order chi connectivity index (χ0) is 15.6. The van der Waals surface area contributed by atoms with Gasteiger partial charge in [-0.2, -0.15) is 4.31 Å². The van der Waals surface area contributed by atoms with Crippen LogP contribution in [-0.4, -0.2) is 50.8 Å². The number of benzene rings is 1. The molecule has 1 fully saturated rings. The molecule has 0 radical (unpaired) electrons. The molecule has 0 atom stereocenters. The number of nitrogens with zero attached hydrogens (tertiary/aromatic N) is 2. The van der Waals surface area contributed by atoms with Crippen LogP contribution in [0.15, 0.2) is 27.6 Å². The van der Waals surface area contributed by atoms with E-state index in [1.54, 1.807) is 16.4 Å². The summed E-state index contributed by atoms with van der Waals surface area (Å²) < 4.78 is 27.8. The van der Waals surface area contributed by atoms with Crippen molar-refractivity contribution in [3.63, 3.8) is 0 Å².